The van der Waals surface area contributed by atoms with Gasteiger partial charge in [0.1, 0.15) is 0 Å². The fourth-order valence-corrected chi connectivity index (χ4v) is 4.25. The highest BCUT2D eigenvalue weighted by molar-refractivity contribution is 5.85. The Kier molecular flexibility index (Phi) is 13.3. The van der Waals surface area contributed by atoms with Crippen molar-refractivity contribution in [3.63, 3.8) is 0 Å². The SMILES string of the molecule is CCCCC/C=C/CCCCCCCCCCCCc1cccc2ccccc12. The third-order valence-corrected chi connectivity index (χ3v) is 6.09. The quantitative estimate of drug-likeness (QED) is 0.185. The number of hydrogen-bond donors (Lipinski definition) is 0. The second kappa shape index (κ2) is 16.3. The van der Waals surface area contributed by atoms with E-state index in [1.165, 1.54) is 119 Å². The number of allylic oxidation sites excluding steroid dienone is 2. The largest absolute Gasteiger partial charge is 0.0885 e. The minimum atomic E-state index is 1.23. The zero-order valence-electron chi connectivity index (χ0n) is 19.0. The van der Waals surface area contributed by atoms with Gasteiger partial charge in [0, 0.05) is 0 Å². The first-order chi connectivity index (χ1) is 14.4. The molecule has 2 aromatic rings. The fraction of sp³-hybridized carbons (Fsp3) is 0.586. The lowest BCUT2D eigenvalue weighted by Crippen LogP contribution is -1.88. The monoisotopic (exact) mass is 392 g/mol. The molecule has 0 nitrogen and oxygen atoms in total. The molecular formula is C29H44. The van der Waals surface area contributed by atoms with Crippen molar-refractivity contribution in [2.75, 3.05) is 0 Å². The first-order valence-corrected chi connectivity index (χ1v) is 12.5. The van der Waals surface area contributed by atoms with Crippen molar-refractivity contribution in [1.29, 1.82) is 0 Å². The fourth-order valence-electron chi connectivity index (χ4n) is 4.25. The third kappa shape index (κ3) is 10.7. The molecule has 0 aromatic heterocycles. The average molecular weight is 393 g/mol. The minimum Gasteiger partial charge on any atom is -0.0885 e. The molecule has 2 rings (SSSR count). The van der Waals surface area contributed by atoms with E-state index in [4.69, 9.17) is 0 Å². The highest BCUT2D eigenvalue weighted by Crippen LogP contribution is 2.21. The Labute approximate surface area is 180 Å². The van der Waals surface area contributed by atoms with E-state index in [1.807, 2.05) is 0 Å². The normalized spacial score (nSPS) is 11.6. The van der Waals surface area contributed by atoms with Gasteiger partial charge >= 0.3 is 0 Å². The lowest BCUT2D eigenvalue weighted by Gasteiger charge is -2.06. The van der Waals surface area contributed by atoms with Gasteiger partial charge in [0.05, 0.1) is 0 Å². The maximum absolute atomic E-state index is 2.41. The van der Waals surface area contributed by atoms with E-state index in [1.54, 1.807) is 0 Å². The molecule has 0 fully saturated rings. The summed E-state index contributed by atoms with van der Waals surface area (Å²) < 4.78 is 0. The smallest absolute Gasteiger partial charge is 0.0152 e. The van der Waals surface area contributed by atoms with E-state index in [9.17, 15) is 0 Å². The van der Waals surface area contributed by atoms with Gasteiger partial charge in [-0.15, -0.1) is 0 Å². The lowest BCUT2D eigenvalue weighted by atomic mass is 9.99. The van der Waals surface area contributed by atoms with E-state index < -0.39 is 0 Å². The summed E-state index contributed by atoms with van der Waals surface area (Å²) in [5.41, 5.74) is 1.53. The Bertz CT molecular complexity index is 661. The Hall–Kier alpha value is -1.56. The summed E-state index contributed by atoms with van der Waals surface area (Å²) in [5, 5.41) is 2.83. The van der Waals surface area contributed by atoms with Gasteiger partial charge in [-0.3, -0.25) is 0 Å². The van der Waals surface area contributed by atoms with Crippen LogP contribution in [0, 0.1) is 0 Å². The molecule has 0 heterocycles. The molecule has 0 amide bonds. The molecular weight excluding hydrogens is 348 g/mol. The summed E-state index contributed by atoms with van der Waals surface area (Å²) in [4.78, 5) is 0. The molecule has 0 heteroatoms. The number of benzene rings is 2. The maximum Gasteiger partial charge on any atom is -0.0152 e. The summed E-state index contributed by atoms with van der Waals surface area (Å²) in [6, 6.07) is 15.5. The first kappa shape index (κ1) is 23.7. The van der Waals surface area contributed by atoms with E-state index in [-0.39, 0.29) is 0 Å². The Morgan fingerprint density at radius 1 is 0.552 bits per heavy atom. The lowest BCUT2D eigenvalue weighted by molar-refractivity contribution is 0.552. The standard InChI is InChI=1S/C29H44/c1-2-3-4-5-6-7-8-9-10-11-12-13-14-15-16-17-18-22-27-24-21-25-28-23-19-20-26-29(27)28/h6-7,19-21,23-26H,2-5,8-18,22H2,1H3/b7-6+. The Balaban J connectivity index is 1.37. The molecule has 0 saturated carbocycles. The van der Waals surface area contributed by atoms with Crippen LogP contribution in [0.2, 0.25) is 0 Å². The molecule has 0 aliphatic carbocycles. The van der Waals surface area contributed by atoms with Crippen molar-refractivity contribution in [2.45, 2.75) is 110 Å². The molecule has 29 heavy (non-hydrogen) atoms. The summed E-state index contributed by atoms with van der Waals surface area (Å²) in [6.07, 6.45) is 26.8. The van der Waals surface area contributed by atoms with Crippen LogP contribution in [0.3, 0.4) is 0 Å². The number of rotatable bonds is 17. The number of unbranched alkanes of at least 4 members (excludes halogenated alkanes) is 13. The van der Waals surface area contributed by atoms with Gasteiger partial charge in [-0.2, -0.15) is 0 Å². The van der Waals surface area contributed by atoms with Crippen molar-refractivity contribution in [3.05, 3.63) is 60.2 Å². The highest BCUT2D eigenvalue weighted by atomic mass is 14.1. The molecule has 0 atom stereocenters. The van der Waals surface area contributed by atoms with Gasteiger partial charge in [0.25, 0.3) is 0 Å². The van der Waals surface area contributed by atoms with Gasteiger partial charge in [-0.1, -0.05) is 126 Å². The van der Waals surface area contributed by atoms with Crippen LogP contribution in [-0.4, -0.2) is 0 Å². The van der Waals surface area contributed by atoms with Crippen LogP contribution in [0.5, 0.6) is 0 Å². The first-order valence-electron chi connectivity index (χ1n) is 12.5. The predicted molar refractivity (Wildman–Crippen MR) is 132 cm³/mol. The summed E-state index contributed by atoms with van der Waals surface area (Å²) in [6.45, 7) is 2.28. The van der Waals surface area contributed by atoms with Gasteiger partial charge in [-0.25, -0.2) is 0 Å². The zero-order chi connectivity index (χ0) is 20.4. The molecule has 0 saturated heterocycles. The maximum atomic E-state index is 2.41. The molecule has 0 unspecified atom stereocenters. The van der Waals surface area contributed by atoms with Crippen molar-refractivity contribution in [1.82, 2.24) is 0 Å². The van der Waals surface area contributed by atoms with Crippen molar-refractivity contribution in [2.24, 2.45) is 0 Å². The van der Waals surface area contributed by atoms with Gasteiger partial charge in [-0.05, 0) is 54.9 Å². The molecule has 0 aliphatic rings. The molecule has 0 bridgehead atoms. The van der Waals surface area contributed by atoms with Crippen molar-refractivity contribution < 1.29 is 0 Å². The number of aryl methyl sites for hydroxylation is 1. The third-order valence-electron chi connectivity index (χ3n) is 6.09. The second-order valence-electron chi connectivity index (χ2n) is 8.68. The molecule has 0 radical (unpaired) electrons. The number of hydrogen-bond acceptors (Lipinski definition) is 0. The van der Waals surface area contributed by atoms with Crippen LogP contribution < -0.4 is 0 Å². The van der Waals surface area contributed by atoms with E-state index in [0.29, 0.717) is 0 Å². The molecule has 0 spiro atoms. The highest BCUT2D eigenvalue weighted by Gasteiger charge is 2.00. The molecule has 0 N–H and O–H groups in total. The molecule has 2 aromatic carbocycles. The van der Waals surface area contributed by atoms with Crippen LogP contribution in [0.4, 0.5) is 0 Å². The van der Waals surface area contributed by atoms with Crippen LogP contribution in [0.15, 0.2) is 54.6 Å². The summed E-state index contributed by atoms with van der Waals surface area (Å²) >= 11 is 0. The van der Waals surface area contributed by atoms with Crippen LogP contribution in [0.1, 0.15) is 109 Å². The zero-order valence-corrected chi connectivity index (χ0v) is 19.0. The van der Waals surface area contributed by atoms with E-state index in [2.05, 4.69) is 61.5 Å². The Morgan fingerprint density at radius 3 is 1.79 bits per heavy atom. The van der Waals surface area contributed by atoms with Crippen molar-refractivity contribution >= 4 is 10.8 Å². The van der Waals surface area contributed by atoms with Gasteiger partial charge in [0.15, 0.2) is 0 Å². The van der Waals surface area contributed by atoms with E-state index >= 15 is 0 Å². The van der Waals surface area contributed by atoms with E-state index in [0.717, 1.165) is 0 Å². The summed E-state index contributed by atoms with van der Waals surface area (Å²) in [7, 11) is 0. The van der Waals surface area contributed by atoms with Crippen LogP contribution in [0.25, 0.3) is 10.8 Å². The van der Waals surface area contributed by atoms with Gasteiger partial charge < -0.3 is 0 Å². The topological polar surface area (TPSA) is 0 Å². The molecule has 0 aliphatic heterocycles. The predicted octanol–water partition coefficient (Wildman–Crippen LogP) is 9.81. The average Bonchev–Trinajstić information content (AvgIpc) is 2.76. The Morgan fingerprint density at radius 2 is 1.10 bits per heavy atom. The van der Waals surface area contributed by atoms with Crippen LogP contribution in [-0.2, 0) is 6.42 Å². The van der Waals surface area contributed by atoms with Crippen molar-refractivity contribution in [3.8, 4) is 0 Å². The summed E-state index contributed by atoms with van der Waals surface area (Å²) in [5.74, 6) is 0. The van der Waals surface area contributed by atoms with Crippen LogP contribution >= 0.6 is 0 Å². The second-order valence-corrected chi connectivity index (χ2v) is 8.68. The number of fused-ring (bicyclic) bond motifs is 1. The molecule has 160 valence electrons. The van der Waals surface area contributed by atoms with Gasteiger partial charge in [0.2, 0.25) is 0 Å². The minimum absolute atomic E-state index is 1.23.